The van der Waals surface area contributed by atoms with Crippen LogP contribution in [0.25, 0.3) is 0 Å². The van der Waals surface area contributed by atoms with Gasteiger partial charge in [0.25, 0.3) is 0 Å². The number of nitro groups is 1. The molecule has 1 atom stereocenters. The van der Waals surface area contributed by atoms with Gasteiger partial charge in [-0.3, -0.25) is 10.1 Å². The molecule has 20 heavy (non-hydrogen) atoms. The Bertz CT molecular complexity index is 491. The van der Waals surface area contributed by atoms with Crippen LogP contribution < -0.4 is 14.8 Å². The third-order valence-electron chi connectivity index (χ3n) is 2.78. The van der Waals surface area contributed by atoms with Crippen molar-refractivity contribution in [1.29, 1.82) is 0 Å². The molecule has 0 bridgehead atoms. The van der Waals surface area contributed by atoms with Crippen molar-refractivity contribution in [1.82, 2.24) is 0 Å². The lowest BCUT2D eigenvalue weighted by Crippen LogP contribution is -2.23. The van der Waals surface area contributed by atoms with E-state index in [9.17, 15) is 15.2 Å². The van der Waals surface area contributed by atoms with Gasteiger partial charge in [0.1, 0.15) is 5.75 Å². The van der Waals surface area contributed by atoms with Crippen LogP contribution in [0, 0.1) is 17.0 Å². The molecule has 1 unspecified atom stereocenters. The summed E-state index contributed by atoms with van der Waals surface area (Å²) in [6.07, 6.45) is -0.971. The van der Waals surface area contributed by atoms with E-state index in [4.69, 9.17) is 14.6 Å². The van der Waals surface area contributed by atoms with Crippen molar-refractivity contribution in [3.05, 3.63) is 21.7 Å². The third kappa shape index (κ3) is 3.28. The second-order valence-corrected chi connectivity index (χ2v) is 4.11. The number of anilines is 1. The Balaban J connectivity index is 3.25. The van der Waals surface area contributed by atoms with Crippen LogP contribution in [0.15, 0.2) is 6.07 Å². The van der Waals surface area contributed by atoms with E-state index >= 15 is 0 Å². The van der Waals surface area contributed by atoms with Crippen LogP contribution >= 0.6 is 0 Å². The van der Waals surface area contributed by atoms with Gasteiger partial charge in [-0.1, -0.05) is 0 Å². The van der Waals surface area contributed by atoms with Gasteiger partial charge in [0.2, 0.25) is 5.75 Å². The fourth-order valence-corrected chi connectivity index (χ4v) is 1.84. The topological polar surface area (TPSA) is 114 Å². The van der Waals surface area contributed by atoms with Gasteiger partial charge in [0.05, 0.1) is 37.5 Å². The minimum absolute atomic E-state index is 0.0375. The molecular weight excluding hydrogens is 268 g/mol. The van der Waals surface area contributed by atoms with Crippen molar-refractivity contribution < 1.29 is 24.6 Å². The third-order valence-corrected chi connectivity index (χ3v) is 2.78. The van der Waals surface area contributed by atoms with Crippen LogP contribution in [-0.4, -0.2) is 48.6 Å². The Hall–Kier alpha value is -2.06. The molecule has 1 aromatic rings. The molecular formula is C12H18N2O6. The zero-order valence-electron chi connectivity index (χ0n) is 11.5. The van der Waals surface area contributed by atoms with Crippen molar-refractivity contribution in [3.8, 4) is 11.5 Å². The molecule has 3 N–H and O–H groups in total. The number of nitrogens with one attached hydrogen (secondary N) is 1. The monoisotopic (exact) mass is 286 g/mol. The lowest BCUT2D eigenvalue weighted by molar-refractivity contribution is -0.385. The lowest BCUT2D eigenvalue weighted by atomic mass is 10.1. The molecule has 8 heteroatoms. The molecule has 112 valence electrons. The van der Waals surface area contributed by atoms with Crippen LogP contribution in [0.2, 0.25) is 0 Å². The van der Waals surface area contributed by atoms with Gasteiger partial charge in [-0.2, -0.15) is 0 Å². The summed E-state index contributed by atoms with van der Waals surface area (Å²) in [5.41, 5.74) is 0.627. The van der Waals surface area contributed by atoms with Gasteiger partial charge in [-0.15, -0.1) is 0 Å². The number of nitro benzene ring substituents is 1. The molecule has 0 heterocycles. The Morgan fingerprint density at radius 3 is 2.45 bits per heavy atom. The van der Waals surface area contributed by atoms with E-state index < -0.39 is 17.6 Å². The van der Waals surface area contributed by atoms with E-state index in [0.717, 1.165) is 0 Å². The number of hydrogen-bond donors (Lipinski definition) is 3. The first-order chi connectivity index (χ1) is 9.46. The van der Waals surface area contributed by atoms with E-state index in [1.54, 1.807) is 6.92 Å². The molecule has 0 aliphatic heterocycles. The van der Waals surface area contributed by atoms with E-state index in [0.29, 0.717) is 17.0 Å². The maximum atomic E-state index is 11.0. The average molecular weight is 286 g/mol. The minimum Gasteiger partial charge on any atom is -0.494 e. The lowest BCUT2D eigenvalue weighted by Gasteiger charge is -2.17. The summed E-state index contributed by atoms with van der Waals surface area (Å²) in [6.45, 7) is 1.26. The summed E-state index contributed by atoms with van der Waals surface area (Å²) in [5, 5.41) is 31.9. The standard InChI is InChI=1S/C12H18N2O6/c1-7-11(19-2)9(13-5-8(16)6-15)4-10(14(17)18)12(7)20-3/h4,8,13,15-16H,5-6H2,1-3H3. The zero-order valence-corrected chi connectivity index (χ0v) is 11.5. The first-order valence-corrected chi connectivity index (χ1v) is 5.89. The SMILES string of the molecule is COc1c(NCC(O)CO)cc([N+](=O)[O-])c(OC)c1C. The smallest absolute Gasteiger partial charge is 0.313 e. The number of aliphatic hydroxyl groups is 2. The van der Waals surface area contributed by atoms with Crippen LogP contribution in [0.5, 0.6) is 11.5 Å². The van der Waals surface area contributed by atoms with Gasteiger partial charge in [0.15, 0.2) is 0 Å². The number of rotatable bonds is 7. The summed E-state index contributed by atoms with van der Waals surface area (Å²) < 4.78 is 10.3. The highest BCUT2D eigenvalue weighted by atomic mass is 16.6. The molecule has 0 aliphatic carbocycles. The summed E-state index contributed by atoms with van der Waals surface area (Å²) >= 11 is 0. The maximum Gasteiger partial charge on any atom is 0.313 e. The molecule has 8 nitrogen and oxygen atoms in total. The molecule has 0 fully saturated rings. The van der Waals surface area contributed by atoms with Crippen molar-refractivity contribution in [3.63, 3.8) is 0 Å². The van der Waals surface area contributed by atoms with Crippen LogP contribution in [0.3, 0.4) is 0 Å². The molecule has 0 saturated heterocycles. The van der Waals surface area contributed by atoms with Crippen molar-refractivity contribution in [2.75, 3.05) is 32.7 Å². The van der Waals surface area contributed by atoms with Crippen molar-refractivity contribution in [2.24, 2.45) is 0 Å². The highest BCUT2D eigenvalue weighted by Crippen LogP contribution is 2.42. The second-order valence-electron chi connectivity index (χ2n) is 4.11. The van der Waals surface area contributed by atoms with E-state index in [-0.39, 0.29) is 18.0 Å². The highest BCUT2D eigenvalue weighted by molar-refractivity contribution is 5.71. The molecule has 0 radical (unpaired) electrons. The first-order valence-electron chi connectivity index (χ1n) is 5.89. The summed E-state index contributed by atoms with van der Waals surface area (Å²) in [4.78, 5) is 10.5. The van der Waals surface area contributed by atoms with Crippen LogP contribution in [-0.2, 0) is 0 Å². The summed E-state index contributed by atoms with van der Waals surface area (Å²) in [7, 11) is 2.78. The molecule has 0 aliphatic rings. The predicted octanol–water partition coefficient (Wildman–Crippen LogP) is 0.686. The molecule has 0 spiro atoms. The largest absolute Gasteiger partial charge is 0.494 e. The molecule has 0 aromatic heterocycles. The minimum atomic E-state index is -0.971. The number of benzene rings is 1. The van der Waals surface area contributed by atoms with E-state index in [2.05, 4.69) is 5.32 Å². The van der Waals surface area contributed by atoms with Crippen LogP contribution in [0.4, 0.5) is 11.4 Å². The number of aliphatic hydroxyl groups excluding tert-OH is 2. The fraction of sp³-hybridized carbons (Fsp3) is 0.500. The van der Waals surface area contributed by atoms with Crippen LogP contribution in [0.1, 0.15) is 5.56 Å². The van der Waals surface area contributed by atoms with E-state index in [1.807, 2.05) is 0 Å². The number of ether oxygens (including phenoxy) is 2. The Morgan fingerprint density at radius 1 is 1.40 bits per heavy atom. The second kappa shape index (κ2) is 6.92. The predicted molar refractivity (Wildman–Crippen MR) is 72.5 cm³/mol. The van der Waals surface area contributed by atoms with Gasteiger partial charge in [-0.25, -0.2) is 0 Å². The van der Waals surface area contributed by atoms with E-state index in [1.165, 1.54) is 20.3 Å². The van der Waals surface area contributed by atoms with Crippen molar-refractivity contribution >= 4 is 11.4 Å². The number of hydrogen-bond acceptors (Lipinski definition) is 7. The fourth-order valence-electron chi connectivity index (χ4n) is 1.84. The Morgan fingerprint density at radius 2 is 2.00 bits per heavy atom. The quantitative estimate of drug-likeness (QED) is 0.499. The maximum absolute atomic E-state index is 11.0. The first kappa shape index (κ1) is 16.0. The van der Waals surface area contributed by atoms with Crippen molar-refractivity contribution in [2.45, 2.75) is 13.0 Å². The van der Waals surface area contributed by atoms with Gasteiger partial charge in [0, 0.05) is 18.2 Å². The molecule has 1 aromatic carbocycles. The Labute approximate surface area is 116 Å². The Kier molecular flexibility index (Phi) is 5.53. The van der Waals surface area contributed by atoms with Gasteiger partial charge < -0.3 is 25.0 Å². The summed E-state index contributed by atoms with van der Waals surface area (Å²) in [6, 6.07) is 1.27. The van der Waals surface area contributed by atoms with Gasteiger partial charge >= 0.3 is 5.69 Å². The molecule has 0 amide bonds. The number of methoxy groups -OCH3 is 2. The molecule has 0 saturated carbocycles. The normalized spacial score (nSPS) is 11.8. The summed E-state index contributed by atoms with van der Waals surface area (Å²) in [5.74, 6) is 0.512. The zero-order chi connectivity index (χ0) is 15.3. The van der Waals surface area contributed by atoms with Gasteiger partial charge in [-0.05, 0) is 6.92 Å². The number of nitrogens with zero attached hydrogens (tertiary/aromatic N) is 1. The molecule has 1 rings (SSSR count). The highest BCUT2D eigenvalue weighted by Gasteiger charge is 2.24. The average Bonchev–Trinajstić information content (AvgIpc) is 2.43.